The Bertz CT molecular complexity index is 930. The molecular formula is C21H30Cl2N6O. The predicted octanol–water partition coefficient (Wildman–Crippen LogP) is 3.96. The summed E-state index contributed by atoms with van der Waals surface area (Å²) in [7, 11) is 0. The highest BCUT2D eigenvalue weighted by atomic mass is 35.5. The predicted molar refractivity (Wildman–Crippen MR) is 123 cm³/mol. The van der Waals surface area contributed by atoms with Crippen molar-refractivity contribution in [3.05, 3.63) is 27.6 Å². The number of aliphatic hydroxyl groups is 1. The Hall–Kier alpha value is -1.67. The van der Waals surface area contributed by atoms with Crippen LogP contribution in [0.4, 0.5) is 11.6 Å². The molecular weight excluding hydrogens is 423 g/mol. The second-order valence-corrected chi connectivity index (χ2v) is 8.87. The van der Waals surface area contributed by atoms with Crippen molar-refractivity contribution in [1.29, 1.82) is 0 Å². The Balaban J connectivity index is 0.00000256. The van der Waals surface area contributed by atoms with E-state index in [9.17, 15) is 5.11 Å². The Kier molecular flexibility index (Phi) is 6.77. The highest BCUT2D eigenvalue weighted by Gasteiger charge is 2.43. The summed E-state index contributed by atoms with van der Waals surface area (Å²) in [5.41, 5.74) is 14.8. The van der Waals surface area contributed by atoms with Gasteiger partial charge in [-0.2, -0.15) is 0 Å². The lowest BCUT2D eigenvalue weighted by atomic mass is 9.74. The van der Waals surface area contributed by atoms with Crippen molar-refractivity contribution in [3.63, 3.8) is 0 Å². The number of pyridine rings is 1. The summed E-state index contributed by atoms with van der Waals surface area (Å²) in [6.07, 6.45) is 5.64. The van der Waals surface area contributed by atoms with Gasteiger partial charge in [0.25, 0.3) is 0 Å². The maximum Gasteiger partial charge on any atom is 0.153 e. The van der Waals surface area contributed by atoms with E-state index in [1.165, 1.54) is 12.8 Å². The van der Waals surface area contributed by atoms with Crippen molar-refractivity contribution in [2.45, 2.75) is 59.1 Å². The van der Waals surface area contributed by atoms with Crippen LogP contribution in [0, 0.1) is 12.3 Å². The molecule has 7 nitrogen and oxygen atoms in total. The van der Waals surface area contributed by atoms with Crippen LogP contribution in [-0.2, 0) is 6.61 Å². The lowest BCUT2D eigenvalue weighted by Crippen LogP contribution is -2.47. The molecule has 5 N–H and O–H groups in total. The van der Waals surface area contributed by atoms with Gasteiger partial charge in [-0.15, -0.1) is 0 Å². The van der Waals surface area contributed by atoms with Crippen molar-refractivity contribution in [2.75, 3.05) is 23.7 Å². The Morgan fingerprint density at radius 2 is 1.90 bits per heavy atom. The fourth-order valence-corrected chi connectivity index (χ4v) is 5.18. The highest BCUT2D eigenvalue weighted by molar-refractivity contribution is 6.43. The fourth-order valence-electron chi connectivity index (χ4n) is 4.80. The van der Waals surface area contributed by atoms with Gasteiger partial charge in [-0.3, -0.25) is 0 Å². The van der Waals surface area contributed by atoms with E-state index in [0.29, 0.717) is 28.7 Å². The maximum absolute atomic E-state index is 9.99. The summed E-state index contributed by atoms with van der Waals surface area (Å²) < 4.78 is 0. The maximum atomic E-state index is 9.99. The minimum Gasteiger partial charge on any atom is -0.390 e. The minimum absolute atomic E-state index is 0. The first-order valence-electron chi connectivity index (χ1n) is 9.95. The number of aryl methyl sites for hydroxylation is 1. The normalized spacial score (nSPS) is 20.4. The minimum atomic E-state index is -0.220. The molecule has 2 aromatic heterocycles. The van der Waals surface area contributed by atoms with E-state index in [1.807, 2.05) is 6.92 Å². The molecule has 2 fully saturated rings. The lowest BCUT2D eigenvalue weighted by Gasteiger charge is -2.42. The van der Waals surface area contributed by atoms with Crippen LogP contribution in [-0.4, -0.2) is 39.2 Å². The number of aromatic nitrogens is 3. The summed E-state index contributed by atoms with van der Waals surface area (Å²) in [6.45, 7) is 3.38. The first-order chi connectivity index (χ1) is 13.8. The number of anilines is 2. The molecule has 30 heavy (non-hydrogen) atoms. The molecule has 1 saturated carbocycles. The molecule has 2 aliphatic rings. The molecule has 0 bridgehead atoms. The molecule has 9 heteroatoms. The molecule has 1 saturated heterocycles. The van der Waals surface area contributed by atoms with Crippen molar-refractivity contribution in [3.8, 4) is 11.3 Å². The monoisotopic (exact) mass is 452 g/mol. The first-order valence-corrected chi connectivity index (χ1v) is 10.7. The smallest absolute Gasteiger partial charge is 0.153 e. The molecule has 0 aromatic carbocycles. The van der Waals surface area contributed by atoms with Gasteiger partial charge in [0, 0.05) is 24.7 Å². The first kappa shape index (κ1) is 23.0. The van der Waals surface area contributed by atoms with Gasteiger partial charge in [0.05, 0.1) is 23.0 Å². The van der Waals surface area contributed by atoms with Crippen molar-refractivity contribution in [2.24, 2.45) is 11.1 Å². The molecule has 1 aliphatic carbocycles. The number of halogens is 2. The van der Waals surface area contributed by atoms with Crippen LogP contribution in [0.5, 0.6) is 0 Å². The third-order valence-corrected chi connectivity index (χ3v) is 7.25. The number of hydrogen-bond acceptors (Lipinski definition) is 7. The summed E-state index contributed by atoms with van der Waals surface area (Å²) in [5, 5.41) is 10.4. The van der Waals surface area contributed by atoms with Crippen molar-refractivity contribution in [1.82, 2.24) is 15.0 Å². The van der Waals surface area contributed by atoms with E-state index in [-0.39, 0.29) is 35.4 Å². The summed E-state index contributed by atoms with van der Waals surface area (Å²) in [6, 6.07) is 1.92. The molecule has 4 rings (SSSR count). The Morgan fingerprint density at radius 1 is 1.20 bits per heavy atom. The zero-order chi connectivity index (χ0) is 20.8. The largest absolute Gasteiger partial charge is 0.390 e. The number of aliphatic hydroxyl groups excluding tert-OH is 1. The third-order valence-electron chi connectivity index (χ3n) is 6.50. The van der Waals surface area contributed by atoms with Gasteiger partial charge < -0.3 is 21.5 Å². The van der Waals surface area contributed by atoms with Crippen LogP contribution < -0.4 is 16.4 Å². The van der Waals surface area contributed by atoms with E-state index in [2.05, 4.69) is 14.9 Å². The van der Waals surface area contributed by atoms with Gasteiger partial charge in [-0.05, 0) is 44.1 Å². The summed E-state index contributed by atoms with van der Waals surface area (Å²) in [5.74, 6) is 0.971. The zero-order valence-electron chi connectivity index (χ0n) is 16.5. The van der Waals surface area contributed by atoms with Gasteiger partial charge in [-0.25, -0.2) is 15.0 Å². The van der Waals surface area contributed by atoms with Gasteiger partial charge >= 0.3 is 0 Å². The standard InChI is InChI=1S/C20H26Cl2N6O.CH4/c1-11-17(12-9-15(24)27-18(22)16(12)21)26-13(10-29)19(25-11)28-7-5-20(6-8-28)4-2-3-14(20)23;/h9,14,29H,2-8,10,23H2,1H3,(H2,24,27);1H4/t14-;/m1./s1. The molecule has 0 radical (unpaired) electrons. The second-order valence-electron chi connectivity index (χ2n) is 8.13. The highest BCUT2D eigenvalue weighted by Crippen LogP contribution is 2.46. The van der Waals surface area contributed by atoms with Crippen molar-refractivity contribution >= 4 is 34.8 Å². The van der Waals surface area contributed by atoms with Crippen LogP contribution in [0.2, 0.25) is 10.2 Å². The molecule has 1 spiro atoms. The lowest BCUT2D eigenvalue weighted by molar-refractivity contribution is 0.196. The number of nitrogens with zero attached hydrogens (tertiary/aromatic N) is 4. The van der Waals surface area contributed by atoms with E-state index in [4.69, 9.17) is 39.7 Å². The SMILES string of the molecule is C.Cc1nc(N2CCC3(CCC[C@H]3N)CC2)c(CO)nc1-c1cc(N)nc(Cl)c1Cl. The van der Waals surface area contributed by atoms with Gasteiger partial charge in [0.2, 0.25) is 0 Å². The van der Waals surface area contributed by atoms with Gasteiger partial charge in [0.1, 0.15) is 11.5 Å². The Morgan fingerprint density at radius 3 is 2.50 bits per heavy atom. The molecule has 164 valence electrons. The molecule has 1 atom stereocenters. The van der Waals surface area contributed by atoms with E-state index >= 15 is 0 Å². The van der Waals surface area contributed by atoms with Crippen LogP contribution in [0.15, 0.2) is 6.07 Å². The fraction of sp³-hybridized carbons (Fsp3) is 0.571. The van der Waals surface area contributed by atoms with E-state index in [0.717, 1.165) is 38.2 Å². The van der Waals surface area contributed by atoms with Crippen molar-refractivity contribution < 1.29 is 5.11 Å². The number of rotatable bonds is 3. The van der Waals surface area contributed by atoms with Crippen LogP contribution in [0.3, 0.4) is 0 Å². The molecule has 3 heterocycles. The number of nitrogens with two attached hydrogens (primary N) is 2. The summed E-state index contributed by atoms with van der Waals surface area (Å²) in [4.78, 5) is 15.6. The second kappa shape index (κ2) is 8.83. The third kappa shape index (κ3) is 3.96. The number of piperidine rings is 1. The molecule has 0 unspecified atom stereocenters. The summed E-state index contributed by atoms with van der Waals surface area (Å²) >= 11 is 12.4. The average Bonchev–Trinajstić information content (AvgIpc) is 3.05. The number of hydrogen-bond donors (Lipinski definition) is 3. The van der Waals surface area contributed by atoms with Crippen LogP contribution >= 0.6 is 23.2 Å². The van der Waals surface area contributed by atoms with E-state index < -0.39 is 0 Å². The number of nitrogen functional groups attached to an aromatic ring is 1. The quantitative estimate of drug-likeness (QED) is 0.603. The van der Waals surface area contributed by atoms with Gasteiger partial charge in [-0.1, -0.05) is 37.0 Å². The molecule has 1 aliphatic heterocycles. The Labute approximate surface area is 187 Å². The van der Waals surface area contributed by atoms with E-state index in [1.54, 1.807) is 6.07 Å². The van der Waals surface area contributed by atoms with Crippen LogP contribution in [0.1, 0.15) is 50.9 Å². The average molecular weight is 453 g/mol. The zero-order valence-corrected chi connectivity index (χ0v) is 18.0. The molecule has 0 amide bonds. The van der Waals surface area contributed by atoms with Gasteiger partial charge in [0.15, 0.2) is 11.0 Å². The molecule has 2 aromatic rings. The van der Waals surface area contributed by atoms with Crippen LogP contribution in [0.25, 0.3) is 11.3 Å². The topological polar surface area (TPSA) is 114 Å².